The van der Waals surface area contributed by atoms with E-state index in [0.29, 0.717) is 32.4 Å². The number of amides is 1. The lowest BCUT2D eigenvalue weighted by Gasteiger charge is -2.32. The minimum absolute atomic E-state index is 0.106. The number of sulfonamides is 1. The molecule has 0 aromatic heterocycles. The smallest absolute Gasteiger partial charge is 0.307 e. The number of aliphatic carboxylic acids is 1. The molecule has 1 saturated carbocycles. The van der Waals surface area contributed by atoms with Crippen molar-refractivity contribution < 1.29 is 23.1 Å². The lowest BCUT2D eigenvalue weighted by Crippen LogP contribution is -2.46. The van der Waals surface area contributed by atoms with Gasteiger partial charge >= 0.3 is 5.97 Å². The molecule has 2 atom stereocenters. The molecule has 19 heavy (non-hydrogen) atoms. The fourth-order valence-electron chi connectivity index (χ4n) is 2.50. The van der Waals surface area contributed by atoms with Crippen LogP contribution in [0.4, 0.5) is 0 Å². The van der Waals surface area contributed by atoms with Crippen molar-refractivity contribution in [3.8, 4) is 0 Å². The van der Waals surface area contributed by atoms with Gasteiger partial charge in [-0.1, -0.05) is 0 Å². The van der Waals surface area contributed by atoms with Crippen LogP contribution in [0.3, 0.4) is 0 Å². The lowest BCUT2D eigenvalue weighted by atomic mass is 10.1. The van der Waals surface area contributed by atoms with Crippen molar-refractivity contribution in [1.29, 1.82) is 0 Å². The van der Waals surface area contributed by atoms with Crippen LogP contribution < -0.4 is 4.72 Å². The first-order chi connectivity index (χ1) is 8.78. The summed E-state index contributed by atoms with van der Waals surface area (Å²) in [7, 11) is -3.22. The largest absolute Gasteiger partial charge is 0.481 e. The quantitative estimate of drug-likeness (QED) is 0.709. The average molecular weight is 290 g/mol. The van der Waals surface area contributed by atoms with Crippen molar-refractivity contribution >= 4 is 21.9 Å². The fraction of sp³-hybridized carbons (Fsp3) is 0.818. The zero-order chi connectivity index (χ0) is 14.2. The molecule has 2 aliphatic rings. The molecule has 1 heterocycles. The average Bonchev–Trinajstić information content (AvgIpc) is 3.07. The number of nitrogens with one attached hydrogen (secondary N) is 1. The summed E-state index contributed by atoms with van der Waals surface area (Å²) in [6, 6.07) is -0.131. The molecule has 0 radical (unpaired) electrons. The van der Waals surface area contributed by atoms with Crippen molar-refractivity contribution in [2.24, 2.45) is 11.8 Å². The van der Waals surface area contributed by atoms with E-state index in [-0.39, 0.29) is 17.9 Å². The zero-order valence-corrected chi connectivity index (χ0v) is 11.5. The molecule has 1 aliphatic carbocycles. The van der Waals surface area contributed by atoms with E-state index < -0.39 is 21.9 Å². The van der Waals surface area contributed by atoms with Gasteiger partial charge in [0.05, 0.1) is 18.1 Å². The number of rotatable bonds is 4. The van der Waals surface area contributed by atoms with Crippen LogP contribution >= 0.6 is 0 Å². The Labute approximate surface area is 112 Å². The molecular weight excluding hydrogens is 272 g/mol. The third-order valence-electron chi connectivity index (χ3n) is 3.61. The molecule has 0 aromatic rings. The maximum Gasteiger partial charge on any atom is 0.307 e. The summed E-state index contributed by atoms with van der Waals surface area (Å²) in [6.45, 7) is 0.962. The van der Waals surface area contributed by atoms with Gasteiger partial charge in [-0.2, -0.15) is 0 Å². The summed E-state index contributed by atoms with van der Waals surface area (Å²) in [5, 5.41) is 8.79. The summed E-state index contributed by atoms with van der Waals surface area (Å²) in [5.74, 6) is -1.92. The predicted octanol–water partition coefficient (Wildman–Crippen LogP) is -0.753. The maximum atomic E-state index is 12.0. The molecule has 0 aromatic carbocycles. The van der Waals surface area contributed by atoms with Gasteiger partial charge in [-0.3, -0.25) is 9.59 Å². The molecule has 1 amide bonds. The molecule has 0 bridgehead atoms. The summed E-state index contributed by atoms with van der Waals surface area (Å²) in [4.78, 5) is 24.4. The molecular formula is C11H18N2O5S. The molecule has 2 unspecified atom stereocenters. The van der Waals surface area contributed by atoms with Crippen molar-refractivity contribution in [3.05, 3.63) is 0 Å². The third-order valence-corrected chi connectivity index (χ3v) is 4.37. The van der Waals surface area contributed by atoms with Crippen LogP contribution in [0, 0.1) is 11.8 Å². The van der Waals surface area contributed by atoms with Crippen molar-refractivity contribution in [1.82, 2.24) is 9.62 Å². The zero-order valence-electron chi connectivity index (χ0n) is 10.7. The molecule has 1 aliphatic heterocycles. The minimum Gasteiger partial charge on any atom is -0.481 e. The summed E-state index contributed by atoms with van der Waals surface area (Å²) < 4.78 is 24.7. The van der Waals surface area contributed by atoms with Gasteiger partial charge in [0.15, 0.2) is 0 Å². The Morgan fingerprint density at radius 2 is 1.79 bits per heavy atom. The van der Waals surface area contributed by atoms with E-state index in [2.05, 4.69) is 4.72 Å². The monoisotopic (exact) mass is 290 g/mol. The Morgan fingerprint density at radius 1 is 1.21 bits per heavy atom. The van der Waals surface area contributed by atoms with Crippen molar-refractivity contribution in [2.75, 3.05) is 19.3 Å². The SMILES string of the molecule is CS(=O)(=O)NC1CCN(C(=O)C2CC2C(=O)O)CC1. The molecule has 2 fully saturated rings. The fourth-order valence-corrected chi connectivity index (χ4v) is 3.34. The highest BCUT2D eigenvalue weighted by atomic mass is 32.2. The van der Waals surface area contributed by atoms with Crippen LogP contribution in [-0.2, 0) is 19.6 Å². The van der Waals surface area contributed by atoms with E-state index in [1.807, 2.05) is 0 Å². The van der Waals surface area contributed by atoms with Crippen molar-refractivity contribution in [2.45, 2.75) is 25.3 Å². The lowest BCUT2D eigenvalue weighted by molar-refractivity contribution is -0.142. The van der Waals surface area contributed by atoms with E-state index in [4.69, 9.17) is 5.11 Å². The van der Waals surface area contributed by atoms with Crippen molar-refractivity contribution in [3.63, 3.8) is 0 Å². The van der Waals surface area contributed by atoms with Crippen LogP contribution in [0.1, 0.15) is 19.3 Å². The number of carbonyl (C=O) groups excluding carboxylic acids is 1. The van der Waals surface area contributed by atoms with E-state index in [1.54, 1.807) is 4.90 Å². The number of carboxylic acid groups (broad SMARTS) is 1. The van der Waals surface area contributed by atoms with Crippen LogP contribution in [0.25, 0.3) is 0 Å². The minimum atomic E-state index is -3.22. The highest BCUT2D eigenvalue weighted by Gasteiger charge is 2.50. The van der Waals surface area contributed by atoms with E-state index in [1.165, 1.54) is 0 Å². The van der Waals surface area contributed by atoms with Crippen LogP contribution in [0.15, 0.2) is 0 Å². The number of carbonyl (C=O) groups is 2. The topological polar surface area (TPSA) is 104 Å². The molecule has 2 N–H and O–H groups in total. The molecule has 108 valence electrons. The highest BCUT2D eigenvalue weighted by molar-refractivity contribution is 7.88. The number of nitrogens with zero attached hydrogens (tertiary/aromatic N) is 1. The van der Waals surface area contributed by atoms with Crippen LogP contribution in [0.2, 0.25) is 0 Å². The van der Waals surface area contributed by atoms with Gasteiger partial charge in [0.2, 0.25) is 15.9 Å². The Morgan fingerprint density at radius 3 is 2.21 bits per heavy atom. The first-order valence-corrected chi connectivity index (χ1v) is 8.16. The number of hydrogen-bond donors (Lipinski definition) is 2. The normalized spacial score (nSPS) is 28.2. The second kappa shape index (κ2) is 5.09. The number of piperidine rings is 1. The number of hydrogen-bond acceptors (Lipinski definition) is 4. The molecule has 8 heteroatoms. The van der Waals surface area contributed by atoms with Crippen LogP contribution in [-0.4, -0.2) is 55.7 Å². The van der Waals surface area contributed by atoms with Crippen LogP contribution in [0.5, 0.6) is 0 Å². The molecule has 2 rings (SSSR count). The molecule has 1 saturated heterocycles. The van der Waals surface area contributed by atoms with Gasteiger partial charge in [0.1, 0.15) is 0 Å². The van der Waals surface area contributed by atoms with Gasteiger partial charge in [-0.15, -0.1) is 0 Å². The Bertz CT molecular complexity index is 481. The highest BCUT2D eigenvalue weighted by Crippen LogP contribution is 2.40. The summed E-state index contributed by atoms with van der Waals surface area (Å²) >= 11 is 0. The van der Waals surface area contributed by atoms with Gasteiger partial charge in [0, 0.05) is 19.1 Å². The third kappa shape index (κ3) is 3.66. The first kappa shape index (κ1) is 14.3. The van der Waals surface area contributed by atoms with E-state index >= 15 is 0 Å². The number of carboxylic acids is 1. The second-order valence-electron chi connectivity index (χ2n) is 5.28. The Balaban J connectivity index is 1.81. The van der Waals surface area contributed by atoms with Gasteiger partial charge in [-0.05, 0) is 19.3 Å². The van der Waals surface area contributed by atoms with Gasteiger partial charge in [0.25, 0.3) is 0 Å². The second-order valence-corrected chi connectivity index (χ2v) is 7.06. The van der Waals surface area contributed by atoms with Gasteiger partial charge in [-0.25, -0.2) is 13.1 Å². The Hall–Kier alpha value is -1.15. The molecule has 0 spiro atoms. The van der Waals surface area contributed by atoms with E-state index in [9.17, 15) is 18.0 Å². The first-order valence-electron chi connectivity index (χ1n) is 6.27. The standard InChI is InChI=1S/C11H18N2O5S/c1-19(17,18)12-7-2-4-13(5-3-7)10(14)8-6-9(8)11(15)16/h7-9,12H,2-6H2,1H3,(H,15,16). The summed E-state index contributed by atoms with van der Waals surface area (Å²) in [6.07, 6.45) is 2.69. The predicted molar refractivity (Wildman–Crippen MR) is 66.8 cm³/mol. The van der Waals surface area contributed by atoms with E-state index in [0.717, 1.165) is 6.26 Å². The Kier molecular flexibility index (Phi) is 3.82. The number of likely N-dealkylation sites (tertiary alicyclic amines) is 1. The molecule has 7 nitrogen and oxygen atoms in total. The summed E-state index contributed by atoms with van der Waals surface area (Å²) in [5.41, 5.74) is 0. The maximum absolute atomic E-state index is 12.0. The van der Waals surface area contributed by atoms with Gasteiger partial charge < -0.3 is 10.0 Å².